The molecule has 0 atom stereocenters. The van der Waals surface area contributed by atoms with E-state index in [0.29, 0.717) is 0 Å². The van der Waals surface area contributed by atoms with Crippen molar-refractivity contribution in [3.8, 4) is 0 Å². The van der Waals surface area contributed by atoms with E-state index in [0.717, 1.165) is 6.41 Å². The van der Waals surface area contributed by atoms with Crippen molar-refractivity contribution in [3.05, 3.63) is 12.7 Å². The van der Waals surface area contributed by atoms with Crippen molar-refractivity contribution < 1.29 is 19.8 Å². The standard InChI is InChI=1S/C3H7NO.C3H6.CH2O3/c1-4(2)3-5;1-3-2;2-1(3)4/h3H,1-2H3;3H,1H2,2H3;(H2,2,3,4). The van der Waals surface area contributed by atoms with Gasteiger partial charge in [0, 0.05) is 14.1 Å². The Bertz CT molecular complexity index is 119. The molecular weight excluding hydrogens is 162 g/mol. The van der Waals surface area contributed by atoms with E-state index in [1.54, 1.807) is 20.2 Å². The molecule has 72 valence electrons. The number of rotatable bonds is 1. The topological polar surface area (TPSA) is 77.8 Å². The first-order valence-corrected chi connectivity index (χ1v) is 3.03. The van der Waals surface area contributed by atoms with Gasteiger partial charge in [0.1, 0.15) is 0 Å². The number of carboxylic acid groups (broad SMARTS) is 2. The van der Waals surface area contributed by atoms with E-state index in [9.17, 15) is 4.79 Å². The lowest BCUT2D eigenvalue weighted by molar-refractivity contribution is -0.115. The van der Waals surface area contributed by atoms with Crippen LogP contribution in [0.4, 0.5) is 4.79 Å². The highest BCUT2D eigenvalue weighted by Crippen LogP contribution is 1.52. The summed E-state index contributed by atoms with van der Waals surface area (Å²) in [6.07, 6.45) is 0.667. The van der Waals surface area contributed by atoms with E-state index in [2.05, 4.69) is 6.58 Å². The van der Waals surface area contributed by atoms with Crippen molar-refractivity contribution in [1.29, 1.82) is 0 Å². The van der Waals surface area contributed by atoms with Crippen molar-refractivity contribution >= 4 is 12.6 Å². The minimum atomic E-state index is -1.83. The Kier molecular flexibility index (Phi) is 22.8. The number of carbonyl (C=O) groups excluding carboxylic acids is 1. The van der Waals surface area contributed by atoms with E-state index in [1.165, 1.54) is 4.90 Å². The third kappa shape index (κ3) is 2060. The van der Waals surface area contributed by atoms with Crippen molar-refractivity contribution in [2.45, 2.75) is 6.92 Å². The second-order valence-electron chi connectivity index (χ2n) is 1.76. The molecule has 5 nitrogen and oxygen atoms in total. The van der Waals surface area contributed by atoms with Gasteiger partial charge in [-0.05, 0) is 6.92 Å². The number of allylic oxidation sites excluding steroid dienone is 1. The maximum atomic E-state index is 9.43. The zero-order valence-electron chi connectivity index (χ0n) is 7.52. The molecule has 12 heavy (non-hydrogen) atoms. The van der Waals surface area contributed by atoms with Crippen LogP contribution in [-0.2, 0) is 4.79 Å². The Morgan fingerprint density at radius 2 is 1.50 bits per heavy atom. The number of nitrogens with zero attached hydrogens (tertiary/aromatic N) is 1. The van der Waals surface area contributed by atoms with Crippen LogP contribution in [0.3, 0.4) is 0 Å². The maximum absolute atomic E-state index is 9.43. The molecular formula is C7H15NO4. The van der Waals surface area contributed by atoms with E-state index in [1.807, 2.05) is 6.92 Å². The van der Waals surface area contributed by atoms with Gasteiger partial charge in [-0.1, -0.05) is 6.08 Å². The van der Waals surface area contributed by atoms with E-state index >= 15 is 0 Å². The molecule has 0 aliphatic heterocycles. The largest absolute Gasteiger partial charge is 0.503 e. The summed E-state index contributed by atoms with van der Waals surface area (Å²) in [7, 11) is 3.38. The summed E-state index contributed by atoms with van der Waals surface area (Å²) in [6, 6.07) is 0. The number of amides is 1. The van der Waals surface area contributed by atoms with Crippen LogP contribution in [-0.4, -0.2) is 41.8 Å². The molecule has 0 fully saturated rings. The molecule has 0 heterocycles. The van der Waals surface area contributed by atoms with Crippen LogP contribution in [0.25, 0.3) is 0 Å². The Hall–Kier alpha value is -1.52. The molecule has 2 N–H and O–H groups in total. The second-order valence-corrected chi connectivity index (χ2v) is 1.76. The highest BCUT2D eigenvalue weighted by molar-refractivity contribution is 5.53. The fraction of sp³-hybridized carbons (Fsp3) is 0.429. The molecule has 0 saturated heterocycles. The van der Waals surface area contributed by atoms with Gasteiger partial charge in [-0.3, -0.25) is 4.79 Å². The Labute approximate surface area is 71.9 Å². The van der Waals surface area contributed by atoms with Gasteiger partial charge in [-0.25, -0.2) is 4.79 Å². The van der Waals surface area contributed by atoms with E-state index in [-0.39, 0.29) is 0 Å². The minimum absolute atomic E-state index is 0.750. The van der Waals surface area contributed by atoms with Gasteiger partial charge in [0.25, 0.3) is 0 Å². The molecule has 5 heteroatoms. The van der Waals surface area contributed by atoms with Gasteiger partial charge >= 0.3 is 6.16 Å². The van der Waals surface area contributed by atoms with Crippen LogP contribution >= 0.6 is 0 Å². The van der Waals surface area contributed by atoms with Crippen LogP contribution in [0.5, 0.6) is 0 Å². The summed E-state index contributed by atoms with van der Waals surface area (Å²) < 4.78 is 0. The number of hydrogen-bond acceptors (Lipinski definition) is 2. The van der Waals surface area contributed by atoms with Crippen LogP contribution < -0.4 is 0 Å². The first kappa shape index (κ1) is 16.8. The molecule has 0 unspecified atom stereocenters. The number of hydrogen-bond donors (Lipinski definition) is 2. The highest BCUT2D eigenvalue weighted by atomic mass is 16.6. The summed E-state index contributed by atoms with van der Waals surface area (Å²) in [5.74, 6) is 0. The van der Waals surface area contributed by atoms with Crippen molar-refractivity contribution in [2.75, 3.05) is 14.1 Å². The number of carbonyl (C=O) groups is 2. The third-order valence-electron chi connectivity index (χ3n) is 0.211. The lowest BCUT2D eigenvalue weighted by atomic mass is 10.8. The zero-order valence-corrected chi connectivity index (χ0v) is 7.52. The molecule has 0 spiro atoms. The first-order chi connectivity index (χ1) is 5.42. The molecule has 0 radical (unpaired) electrons. The zero-order chi connectivity index (χ0) is 10.6. The van der Waals surface area contributed by atoms with Crippen molar-refractivity contribution in [2.24, 2.45) is 0 Å². The Balaban J connectivity index is -0.000000105. The molecule has 0 aliphatic rings. The van der Waals surface area contributed by atoms with Gasteiger partial charge < -0.3 is 15.1 Å². The quantitative estimate of drug-likeness (QED) is 0.464. The summed E-state index contributed by atoms with van der Waals surface area (Å²) in [6.45, 7) is 5.25. The maximum Gasteiger partial charge on any atom is 0.503 e. The summed E-state index contributed by atoms with van der Waals surface area (Å²) >= 11 is 0. The molecule has 0 bridgehead atoms. The van der Waals surface area contributed by atoms with Gasteiger partial charge in [0.05, 0.1) is 0 Å². The molecule has 0 saturated carbocycles. The lowest BCUT2D eigenvalue weighted by Crippen LogP contribution is -2.06. The predicted octanol–water partition coefficient (Wildman–Crippen LogP) is 1.12. The average molecular weight is 177 g/mol. The summed E-state index contributed by atoms with van der Waals surface area (Å²) in [5.41, 5.74) is 0. The molecule has 1 amide bonds. The molecule has 0 aromatic rings. The fourth-order valence-electron chi connectivity index (χ4n) is 0. The normalized spacial score (nSPS) is 5.92. The first-order valence-electron chi connectivity index (χ1n) is 3.03. The van der Waals surface area contributed by atoms with Gasteiger partial charge in [-0.2, -0.15) is 0 Å². The summed E-state index contributed by atoms with van der Waals surface area (Å²) in [4.78, 5) is 19.4. The average Bonchev–Trinajstić information content (AvgIpc) is 1.88. The fourth-order valence-corrected chi connectivity index (χ4v) is 0. The van der Waals surface area contributed by atoms with Gasteiger partial charge in [0.15, 0.2) is 0 Å². The molecule has 0 aliphatic carbocycles. The van der Waals surface area contributed by atoms with Crippen LogP contribution in [0.15, 0.2) is 12.7 Å². The highest BCUT2D eigenvalue weighted by Gasteiger charge is 1.70. The monoisotopic (exact) mass is 177 g/mol. The Morgan fingerprint density at radius 1 is 1.42 bits per heavy atom. The SMILES string of the molecule is C=CC.CN(C)C=O.O=C(O)O. The smallest absolute Gasteiger partial charge is 0.450 e. The second kappa shape index (κ2) is 16.2. The lowest BCUT2D eigenvalue weighted by Gasteiger charge is -1.93. The Morgan fingerprint density at radius 3 is 1.50 bits per heavy atom. The van der Waals surface area contributed by atoms with Crippen LogP contribution in [0, 0.1) is 0 Å². The molecule has 0 rings (SSSR count). The van der Waals surface area contributed by atoms with Crippen LogP contribution in [0.1, 0.15) is 6.92 Å². The minimum Gasteiger partial charge on any atom is -0.450 e. The molecule has 0 aromatic heterocycles. The van der Waals surface area contributed by atoms with Crippen molar-refractivity contribution in [1.82, 2.24) is 4.90 Å². The predicted molar refractivity (Wildman–Crippen MR) is 46.3 cm³/mol. The van der Waals surface area contributed by atoms with Crippen molar-refractivity contribution in [3.63, 3.8) is 0 Å². The van der Waals surface area contributed by atoms with Gasteiger partial charge in [-0.15, -0.1) is 6.58 Å². The van der Waals surface area contributed by atoms with Crippen LogP contribution in [0.2, 0.25) is 0 Å². The van der Waals surface area contributed by atoms with Gasteiger partial charge in [0.2, 0.25) is 6.41 Å². The van der Waals surface area contributed by atoms with E-state index in [4.69, 9.17) is 15.0 Å². The third-order valence-corrected chi connectivity index (χ3v) is 0.211. The van der Waals surface area contributed by atoms with E-state index < -0.39 is 6.16 Å². The molecule has 0 aromatic carbocycles. The summed E-state index contributed by atoms with van der Waals surface area (Å²) in [5, 5.41) is 13.9.